The molecule has 1 aliphatic rings. The third-order valence-corrected chi connectivity index (χ3v) is 5.41. The molecule has 7 heteroatoms. The van der Waals surface area contributed by atoms with Crippen LogP contribution in [0.25, 0.3) is 11.4 Å². The molecule has 1 fully saturated rings. The summed E-state index contributed by atoms with van der Waals surface area (Å²) in [5, 5.41) is 12.9. The molecular formula is C20H28N4O3. The monoisotopic (exact) mass is 372 g/mol. The van der Waals surface area contributed by atoms with E-state index >= 15 is 0 Å². The lowest BCUT2D eigenvalue weighted by Crippen LogP contribution is -2.21. The first-order chi connectivity index (χ1) is 13.2. The van der Waals surface area contributed by atoms with Crippen LogP contribution >= 0.6 is 0 Å². The Hall–Kier alpha value is -2.28. The van der Waals surface area contributed by atoms with Crippen LogP contribution in [0.2, 0.25) is 0 Å². The summed E-state index contributed by atoms with van der Waals surface area (Å²) in [5.74, 6) is 1.08. The van der Waals surface area contributed by atoms with Crippen molar-refractivity contribution in [2.45, 2.75) is 70.6 Å². The van der Waals surface area contributed by atoms with Gasteiger partial charge >= 0.3 is 0 Å². The molecule has 0 spiro atoms. The molecule has 1 atom stereocenters. The van der Waals surface area contributed by atoms with Gasteiger partial charge in [0.15, 0.2) is 0 Å². The molecule has 0 saturated heterocycles. The largest absolute Gasteiger partial charge is 0.339 e. The van der Waals surface area contributed by atoms with Crippen LogP contribution in [0, 0.1) is 12.8 Å². The van der Waals surface area contributed by atoms with Gasteiger partial charge in [-0.05, 0) is 31.4 Å². The molecular weight excluding hydrogens is 344 g/mol. The van der Waals surface area contributed by atoms with E-state index in [0.29, 0.717) is 11.7 Å². The van der Waals surface area contributed by atoms with E-state index < -0.39 is 5.91 Å². The van der Waals surface area contributed by atoms with E-state index in [9.17, 15) is 4.79 Å². The molecule has 1 unspecified atom stereocenters. The normalized spacial score (nSPS) is 16.2. The van der Waals surface area contributed by atoms with Crippen molar-refractivity contribution in [1.82, 2.24) is 20.6 Å². The number of carbonyl (C=O) groups excluding carboxylic acids is 1. The average Bonchev–Trinajstić information content (AvgIpc) is 3.18. The van der Waals surface area contributed by atoms with Crippen LogP contribution in [-0.4, -0.2) is 26.2 Å². The first-order valence-electron chi connectivity index (χ1n) is 9.85. The second kappa shape index (κ2) is 9.60. The van der Waals surface area contributed by atoms with Gasteiger partial charge in [-0.2, -0.15) is 4.98 Å². The molecule has 2 N–H and O–H groups in total. The summed E-state index contributed by atoms with van der Waals surface area (Å²) in [5.41, 5.74) is 3.41. The van der Waals surface area contributed by atoms with Gasteiger partial charge in [-0.25, -0.2) is 5.48 Å². The van der Waals surface area contributed by atoms with Gasteiger partial charge in [0.05, 0.1) is 0 Å². The SMILES string of the molecule is Cc1ccc(-c2noc(C(CCCC3CCCCC3)CC(=O)NO)n2)cn1. The first-order valence-corrected chi connectivity index (χ1v) is 9.85. The van der Waals surface area contributed by atoms with E-state index in [1.807, 2.05) is 19.1 Å². The third kappa shape index (κ3) is 5.60. The maximum atomic E-state index is 11.7. The Balaban J connectivity index is 1.64. The molecule has 2 aromatic heterocycles. The number of pyridine rings is 1. The van der Waals surface area contributed by atoms with Crippen molar-refractivity contribution in [2.75, 3.05) is 0 Å². The number of nitrogens with one attached hydrogen (secondary N) is 1. The molecule has 1 aliphatic carbocycles. The van der Waals surface area contributed by atoms with E-state index in [1.54, 1.807) is 11.7 Å². The minimum Gasteiger partial charge on any atom is -0.339 e. The zero-order chi connectivity index (χ0) is 19.1. The Morgan fingerprint density at radius 1 is 1.33 bits per heavy atom. The maximum absolute atomic E-state index is 11.7. The summed E-state index contributed by atoms with van der Waals surface area (Å²) in [4.78, 5) is 20.5. The lowest BCUT2D eigenvalue weighted by Gasteiger charge is -2.22. The molecule has 1 amide bonds. The smallest absolute Gasteiger partial charge is 0.244 e. The quantitative estimate of drug-likeness (QED) is 0.533. The van der Waals surface area contributed by atoms with Crippen LogP contribution < -0.4 is 5.48 Å². The number of hydroxylamine groups is 1. The number of aromatic nitrogens is 3. The lowest BCUT2D eigenvalue weighted by molar-refractivity contribution is -0.129. The Morgan fingerprint density at radius 2 is 2.15 bits per heavy atom. The fourth-order valence-corrected chi connectivity index (χ4v) is 3.83. The fourth-order valence-electron chi connectivity index (χ4n) is 3.83. The van der Waals surface area contributed by atoms with Gasteiger partial charge in [0.25, 0.3) is 0 Å². The first kappa shape index (κ1) is 19.5. The highest BCUT2D eigenvalue weighted by Crippen LogP contribution is 2.31. The highest BCUT2D eigenvalue weighted by atomic mass is 16.5. The topological polar surface area (TPSA) is 101 Å². The molecule has 3 rings (SSSR count). The van der Waals surface area contributed by atoms with Gasteiger partial charge in [0.1, 0.15) is 0 Å². The van der Waals surface area contributed by atoms with Gasteiger partial charge in [-0.3, -0.25) is 15.0 Å². The van der Waals surface area contributed by atoms with Crippen LogP contribution in [0.3, 0.4) is 0 Å². The number of hydrogen-bond donors (Lipinski definition) is 2. The van der Waals surface area contributed by atoms with Gasteiger partial charge in [-0.1, -0.05) is 50.1 Å². The standard InChI is InChI=1S/C20H28N4O3/c1-14-10-11-17(13-21-14)19-22-20(27-24-19)16(12-18(25)23-26)9-5-8-15-6-3-2-4-7-15/h10-11,13,15-16,26H,2-9,12H2,1H3,(H,23,25). The second-order valence-electron chi connectivity index (χ2n) is 7.52. The van der Waals surface area contributed by atoms with Crippen molar-refractivity contribution < 1.29 is 14.5 Å². The molecule has 2 aromatic rings. The fraction of sp³-hybridized carbons (Fsp3) is 0.600. The molecule has 0 bridgehead atoms. The summed E-state index contributed by atoms with van der Waals surface area (Å²) in [6, 6.07) is 3.79. The minimum atomic E-state index is -0.436. The molecule has 2 heterocycles. The zero-order valence-electron chi connectivity index (χ0n) is 15.9. The van der Waals surface area contributed by atoms with Crippen LogP contribution in [0.4, 0.5) is 0 Å². The van der Waals surface area contributed by atoms with Crippen molar-refractivity contribution in [1.29, 1.82) is 0 Å². The summed E-state index contributed by atoms with van der Waals surface area (Å²) < 4.78 is 5.45. The van der Waals surface area contributed by atoms with Gasteiger partial charge in [-0.15, -0.1) is 0 Å². The Kier molecular flexibility index (Phi) is 6.92. The van der Waals surface area contributed by atoms with Crippen molar-refractivity contribution in [3.63, 3.8) is 0 Å². The summed E-state index contributed by atoms with van der Waals surface area (Å²) in [6.45, 7) is 1.92. The summed E-state index contributed by atoms with van der Waals surface area (Å²) in [7, 11) is 0. The third-order valence-electron chi connectivity index (χ3n) is 5.41. The number of hydrogen-bond acceptors (Lipinski definition) is 6. The Bertz CT molecular complexity index is 723. The van der Waals surface area contributed by atoms with E-state index in [1.165, 1.54) is 38.5 Å². The molecule has 146 valence electrons. The van der Waals surface area contributed by atoms with Crippen LogP contribution in [0.15, 0.2) is 22.9 Å². The van der Waals surface area contributed by atoms with Crippen molar-refractivity contribution in [2.24, 2.45) is 5.92 Å². The lowest BCUT2D eigenvalue weighted by atomic mass is 9.84. The van der Waals surface area contributed by atoms with Gasteiger partial charge < -0.3 is 4.52 Å². The number of nitrogens with zero attached hydrogens (tertiary/aromatic N) is 3. The van der Waals surface area contributed by atoms with Crippen LogP contribution in [0.5, 0.6) is 0 Å². The Labute approximate surface area is 159 Å². The zero-order valence-corrected chi connectivity index (χ0v) is 15.9. The number of amides is 1. The predicted molar refractivity (Wildman–Crippen MR) is 100.0 cm³/mol. The van der Waals surface area contributed by atoms with E-state index in [4.69, 9.17) is 9.73 Å². The number of carbonyl (C=O) groups is 1. The van der Waals surface area contributed by atoms with Crippen molar-refractivity contribution in [3.8, 4) is 11.4 Å². The van der Waals surface area contributed by atoms with E-state index in [-0.39, 0.29) is 12.3 Å². The summed E-state index contributed by atoms with van der Waals surface area (Å²) in [6.07, 6.45) is 11.5. The van der Waals surface area contributed by atoms with Crippen LogP contribution in [0.1, 0.15) is 75.3 Å². The number of rotatable bonds is 8. The molecule has 0 aromatic carbocycles. The molecule has 0 aliphatic heterocycles. The Morgan fingerprint density at radius 3 is 2.85 bits per heavy atom. The molecule has 0 radical (unpaired) electrons. The maximum Gasteiger partial charge on any atom is 0.244 e. The molecule has 1 saturated carbocycles. The highest BCUT2D eigenvalue weighted by molar-refractivity contribution is 5.75. The van der Waals surface area contributed by atoms with E-state index in [2.05, 4.69) is 15.1 Å². The minimum absolute atomic E-state index is 0.134. The molecule has 27 heavy (non-hydrogen) atoms. The predicted octanol–water partition coefficient (Wildman–Crippen LogP) is 4.17. The number of aryl methyl sites for hydroxylation is 1. The van der Waals surface area contributed by atoms with Gasteiger partial charge in [0, 0.05) is 29.8 Å². The average molecular weight is 372 g/mol. The second-order valence-corrected chi connectivity index (χ2v) is 7.52. The highest BCUT2D eigenvalue weighted by Gasteiger charge is 2.23. The van der Waals surface area contributed by atoms with E-state index in [0.717, 1.165) is 30.0 Å². The van der Waals surface area contributed by atoms with Crippen molar-refractivity contribution in [3.05, 3.63) is 29.9 Å². The molecule has 7 nitrogen and oxygen atoms in total. The van der Waals surface area contributed by atoms with Gasteiger partial charge in [0.2, 0.25) is 17.6 Å². The van der Waals surface area contributed by atoms with Crippen LogP contribution in [-0.2, 0) is 4.79 Å². The summed E-state index contributed by atoms with van der Waals surface area (Å²) >= 11 is 0. The van der Waals surface area contributed by atoms with Crippen molar-refractivity contribution >= 4 is 5.91 Å².